The zero-order valence-corrected chi connectivity index (χ0v) is 10.5. The summed E-state index contributed by atoms with van der Waals surface area (Å²) in [6, 6.07) is 7.30. The maximum atomic E-state index is 13.5. The topological polar surface area (TPSA) is 59.4 Å². The lowest BCUT2D eigenvalue weighted by Gasteiger charge is -2.11. The van der Waals surface area contributed by atoms with Crippen LogP contribution >= 0.6 is 0 Å². The van der Waals surface area contributed by atoms with Crippen molar-refractivity contribution in [3.63, 3.8) is 0 Å². The SMILES string of the molecule is Cc1cc(Oc2ccccc2F)c(C(=O)O)c(C)n1. The van der Waals surface area contributed by atoms with Gasteiger partial charge in [0.1, 0.15) is 11.3 Å². The molecule has 1 N–H and O–H groups in total. The molecule has 5 heteroatoms. The average Bonchev–Trinajstić information content (AvgIpc) is 2.30. The molecule has 0 bridgehead atoms. The predicted octanol–water partition coefficient (Wildman–Crippen LogP) is 3.33. The van der Waals surface area contributed by atoms with Crippen LogP contribution in [0.5, 0.6) is 11.5 Å². The Labute approximate surface area is 109 Å². The van der Waals surface area contributed by atoms with Crippen LogP contribution in [0.1, 0.15) is 21.7 Å². The van der Waals surface area contributed by atoms with Crippen molar-refractivity contribution in [2.45, 2.75) is 13.8 Å². The third-order valence-corrected chi connectivity index (χ3v) is 2.56. The van der Waals surface area contributed by atoms with Gasteiger partial charge in [-0.2, -0.15) is 0 Å². The van der Waals surface area contributed by atoms with Crippen molar-refractivity contribution in [3.05, 3.63) is 53.1 Å². The van der Waals surface area contributed by atoms with Crippen LogP contribution < -0.4 is 4.74 Å². The lowest BCUT2D eigenvalue weighted by molar-refractivity contribution is 0.0692. The van der Waals surface area contributed by atoms with E-state index in [0.29, 0.717) is 11.4 Å². The number of nitrogens with zero attached hydrogens (tertiary/aromatic N) is 1. The maximum Gasteiger partial charge on any atom is 0.341 e. The third kappa shape index (κ3) is 2.70. The molecule has 0 aliphatic rings. The highest BCUT2D eigenvalue weighted by Gasteiger charge is 2.18. The smallest absolute Gasteiger partial charge is 0.341 e. The number of benzene rings is 1. The minimum atomic E-state index is -1.16. The molecule has 0 radical (unpaired) electrons. The summed E-state index contributed by atoms with van der Waals surface area (Å²) in [5.41, 5.74) is 0.876. The number of carboxylic acid groups (broad SMARTS) is 1. The second kappa shape index (κ2) is 5.06. The number of carbonyl (C=O) groups is 1. The zero-order chi connectivity index (χ0) is 14.0. The normalized spacial score (nSPS) is 10.3. The quantitative estimate of drug-likeness (QED) is 0.920. The molecule has 2 aromatic rings. The first kappa shape index (κ1) is 13.0. The molecule has 1 heterocycles. The van der Waals surface area contributed by atoms with Crippen molar-refractivity contribution < 1.29 is 19.0 Å². The van der Waals surface area contributed by atoms with Crippen LogP contribution in [0.25, 0.3) is 0 Å². The van der Waals surface area contributed by atoms with Gasteiger partial charge >= 0.3 is 5.97 Å². The van der Waals surface area contributed by atoms with Gasteiger partial charge in [0.2, 0.25) is 0 Å². The first-order valence-corrected chi connectivity index (χ1v) is 5.63. The average molecular weight is 261 g/mol. The lowest BCUT2D eigenvalue weighted by Crippen LogP contribution is -2.06. The van der Waals surface area contributed by atoms with E-state index in [1.807, 2.05) is 0 Å². The van der Waals surface area contributed by atoms with Gasteiger partial charge in [0, 0.05) is 11.8 Å². The maximum absolute atomic E-state index is 13.5. The van der Waals surface area contributed by atoms with Crippen molar-refractivity contribution in [3.8, 4) is 11.5 Å². The highest BCUT2D eigenvalue weighted by molar-refractivity contribution is 5.92. The highest BCUT2D eigenvalue weighted by Crippen LogP contribution is 2.29. The van der Waals surface area contributed by atoms with Gasteiger partial charge < -0.3 is 9.84 Å². The van der Waals surface area contributed by atoms with E-state index in [2.05, 4.69) is 4.98 Å². The fourth-order valence-corrected chi connectivity index (χ4v) is 1.78. The van der Waals surface area contributed by atoms with Crippen molar-refractivity contribution in [1.82, 2.24) is 4.98 Å². The summed E-state index contributed by atoms with van der Waals surface area (Å²) in [7, 11) is 0. The largest absolute Gasteiger partial charge is 0.477 e. The molecule has 0 saturated carbocycles. The second-order valence-corrected chi connectivity index (χ2v) is 4.06. The number of para-hydroxylation sites is 1. The summed E-state index contributed by atoms with van der Waals surface area (Å²) < 4.78 is 18.9. The lowest BCUT2D eigenvalue weighted by atomic mass is 10.1. The Kier molecular flexibility index (Phi) is 3.46. The van der Waals surface area contributed by atoms with Crippen molar-refractivity contribution >= 4 is 5.97 Å². The van der Waals surface area contributed by atoms with E-state index in [4.69, 9.17) is 4.74 Å². The van der Waals surface area contributed by atoms with Crippen LogP contribution in [-0.2, 0) is 0 Å². The minimum Gasteiger partial charge on any atom is -0.477 e. The molecule has 2 rings (SSSR count). The van der Waals surface area contributed by atoms with Gasteiger partial charge in [0.15, 0.2) is 11.6 Å². The molecule has 4 nitrogen and oxygen atoms in total. The van der Waals surface area contributed by atoms with E-state index in [9.17, 15) is 14.3 Å². The molecule has 98 valence electrons. The van der Waals surface area contributed by atoms with Crippen molar-refractivity contribution in [1.29, 1.82) is 0 Å². The summed E-state index contributed by atoms with van der Waals surface area (Å²) in [5.74, 6) is -1.64. The van der Waals surface area contributed by atoms with Crippen molar-refractivity contribution in [2.75, 3.05) is 0 Å². The Morgan fingerprint density at radius 1 is 1.26 bits per heavy atom. The number of ether oxygens (including phenoxy) is 1. The third-order valence-electron chi connectivity index (χ3n) is 2.56. The first-order chi connectivity index (χ1) is 8.99. The van der Waals surface area contributed by atoms with E-state index in [0.717, 1.165) is 0 Å². The van der Waals surface area contributed by atoms with Gasteiger partial charge in [-0.3, -0.25) is 4.98 Å². The van der Waals surface area contributed by atoms with Crippen LogP contribution in [0, 0.1) is 19.7 Å². The van der Waals surface area contributed by atoms with Crippen LogP contribution in [0.4, 0.5) is 4.39 Å². The Morgan fingerprint density at radius 3 is 2.58 bits per heavy atom. The van der Waals surface area contributed by atoms with Gasteiger partial charge in [-0.25, -0.2) is 9.18 Å². The number of hydrogen-bond acceptors (Lipinski definition) is 3. The van der Waals surface area contributed by atoms with Gasteiger partial charge in [0.25, 0.3) is 0 Å². The number of aryl methyl sites for hydroxylation is 2. The second-order valence-electron chi connectivity index (χ2n) is 4.06. The van der Waals surface area contributed by atoms with E-state index >= 15 is 0 Å². The Balaban J connectivity index is 2.51. The molecule has 0 aliphatic heterocycles. The van der Waals surface area contributed by atoms with E-state index < -0.39 is 11.8 Å². The molecule has 0 fully saturated rings. The van der Waals surface area contributed by atoms with Gasteiger partial charge in [0.05, 0.1) is 5.69 Å². The minimum absolute atomic E-state index is 0.0185. The number of rotatable bonds is 3. The number of carboxylic acids is 1. The van der Waals surface area contributed by atoms with E-state index in [1.54, 1.807) is 19.9 Å². The Bertz CT molecular complexity index is 641. The van der Waals surface area contributed by atoms with Crippen LogP contribution in [0.3, 0.4) is 0 Å². The molecule has 0 saturated heterocycles. The molecule has 0 spiro atoms. The van der Waals surface area contributed by atoms with Crippen LogP contribution in [0.15, 0.2) is 30.3 Å². The molecule has 19 heavy (non-hydrogen) atoms. The summed E-state index contributed by atoms with van der Waals surface area (Å²) in [5, 5.41) is 9.17. The van der Waals surface area contributed by atoms with Crippen LogP contribution in [0.2, 0.25) is 0 Å². The summed E-state index contributed by atoms with van der Waals surface area (Å²) >= 11 is 0. The standard InChI is InChI=1S/C14H12FNO3/c1-8-7-12(13(14(17)18)9(2)16-8)19-11-6-4-3-5-10(11)15/h3-7H,1-2H3,(H,17,18). The zero-order valence-electron chi connectivity index (χ0n) is 10.5. The molecule has 0 amide bonds. The van der Waals surface area contributed by atoms with Crippen LogP contribution in [-0.4, -0.2) is 16.1 Å². The number of halogens is 1. The van der Waals surface area contributed by atoms with Crippen molar-refractivity contribution in [2.24, 2.45) is 0 Å². The molecule has 1 aromatic heterocycles. The van der Waals surface area contributed by atoms with Gasteiger partial charge in [-0.05, 0) is 26.0 Å². The summed E-state index contributed by atoms with van der Waals surface area (Å²) in [6.45, 7) is 3.29. The Morgan fingerprint density at radius 2 is 1.95 bits per heavy atom. The van der Waals surface area contributed by atoms with Gasteiger partial charge in [-0.15, -0.1) is 0 Å². The number of aromatic carboxylic acids is 1. The molecule has 0 aliphatic carbocycles. The monoisotopic (exact) mass is 261 g/mol. The predicted molar refractivity (Wildman–Crippen MR) is 67.1 cm³/mol. The van der Waals surface area contributed by atoms with Gasteiger partial charge in [-0.1, -0.05) is 12.1 Å². The number of aromatic nitrogens is 1. The van der Waals surface area contributed by atoms with E-state index in [-0.39, 0.29) is 17.1 Å². The fourth-order valence-electron chi connectivity index (χ4n) is 1.78. The molecular weight excluding hydrogens is 249 g/mol. The number of hydrogen-bond donors (Lipinski definition) is 1. The fraction of sp³-hybridized carbons (Fsp3) is 0.143. The molecule has 0 atom stereocenters. The summed E-state index contributed by atoms with van der Waals surface area (Å²) in [6.07, 6.45) is 0. The summed E-state index contributed by atoms with van der Waals surface area (Å²) in [4.78, 5) is 15.3. The number of pyridine rings is 1. The highest BCUT2D eigenvalue weighted by atomic mass is 19.1. The first-order valence-electron chi connectivity index (χ1n) is 5.63. The molecule has 0 unspecified atom stereocenters. The van der Waals surface area contributed by atoms with E-state index in [1.165, 1.54) is 24.3 Å². The molecule has 1 aromatic carbocycles. The molecular formula is C14H12FNO3. The Hall–Kier alpha value is -2.43.